The second-order valence-electron chi connectivity index (χ2n) is 5.14. The summed E-state index contributed by atoms with van der Waals surface area (Å²) >= 11 is 0. The molecule has 1 saturated heterocycles. The molecule has 2 aliphatic rings. The van der Waals surface area contributed by atoms with Gasteiger partial charge in [-0.15, -0.1) is 0 Å². The number of ether oxygens (including phenoxy) is 1. The highest BCUT2D eigenvalue weighted by molar-refractivity contribution is 5.62. The molecule has 2 unspecified atom stereocenters. The zero-order valence-corrected chi connectivity index (χ0v) is 10.4. The Hall–Kier alpha value is -1.22. The largest absolute Gasteiger partial charge is 0.496 e. The van der Waals surface area contributed by atoms with E-state index in [0.717, 1.165) is 18.7 Å². The first-order valence-corrected chi connectivity index (χ1v) is 6.47. The van der Waals surface area contributed by atoms with Crippen LogP contribution in [0.4, 0.5) is 5.69 Å². The minimum Gasteiger partial charge on any atom is -0.496 e. The van der Waals surface area contributed by atoms with Gasteiger partial charge in [0, 0.05) is 29.9 Å². The van der Waals surface area contributed by atoms with Gasteiger partial charge in [-0.3, -0.25) is 0 Å². The number of hydrogen-bond acceptors (Lipinski definition) is 3. The summed E-state index contributed by atoms with van der Waals surface area (Å²) in [5.41, 5.74) is 8.80. The molecule has 3 nitrogen and oxygen atoms in total. The maximum absolute atomic E-state index is 6.10. The summed E-state index contributed by atoms with van der Waals surface area (Å²) in [4.78, 5) is 2.50. The fraction of sp³-hybridized carbons (Fsp3) is 0.571. The Morgan fingerprint density at radius 3 is 3.00 bits per heavy atom. The van der Waals surface area contributed by atoms with Gasteiger partial charge in [0.05, 0.1) is 7.11 Å². The van der Waals surface area contributed by atoms with Crippen LogP contribution in [0.5, 0.6) is 5.75 Å². The Labute approximate surface area is 103 Å². The molecule has 0 aliphatic carbocycles. The SMILES string of the molecule is COc1cccc2c1CCC1CCC(N)CN21. The fourth-order valence-electron chi connectivity index (χ4n) is 3.23. The van der Waals surface area contributed by atoms with Crippen molar-refractivity contribution in [1.82, 2.24) is 0 Å². The first-order valence-electron chi connectivity index (χ1n) is 6.47. The standard InChI is InChI=1S/C14H20N2O/c1-17-14-4-2-3-13-12(14)8-7-11-6-5-10(15)9-16(11)13/h2-4,10-11H,5-9,15H2,1H3. The summed E-state index contributed by atoms with van der Waals surface area (Å²) in [6, 6.07) is 7.36. The fourth-order valence-corrected chi connectivity index (χ4v) is 3.23. The molecule has 3 rings (SSSR count). The molecule has 0 spiro atoms. The molecular weight excluding hydrogens is 212 g/mol. The van der Waals surface area contributed by atoms with Crippen LogP contribution in [0.3, 0.4) is 0 Å². The molecular formula is C14H20N2O. The van der Waals surface area contributed by atoms with E-state index in [0.29, 0.717) is 12.1 Å². The number of nitrogens with zero attached hydrogens (tertiary/aromatic N) is 1. The highest BCUT2D eigenvalue weighted by Gasteiger charge is 2.32. The minimum atomic E-state index is 0.323. The van der Waals surface area contributed by atoms with Crippen LogP contribution in [-0.4, -0.2) is 25.7 Å². The van der Waals surface area contributed by atoms with Crippen LogP contribution in [-0.2, 0) is 6.42 Å². The van der Waals surface area contributed by atoms with Crippen molar-refractivity contribution < 1.29 is 4.74 Å². The summed E-state index contributed by atoms with van der Waals surface area (Å²) in [5.74, 6) is 1.03. The van der Waals surface area contributed by atoms with E-state index in [-0.39, 0.29) is 0 Å². The van der Waals surface area contributed by atoms with Crippen molar-refractivity contribution in [2.75, 3.05) is 18.6 Å². The lowest BCUT2D eigenvalue weighted by Gasteiger charge is -2.44. The minimum absolute atomic E-state index is 0.323. The second kappa shape index (κ2) is 4.22. The maximum atomic E-state index is 6.10. The lowest BCUT2D eigenvalue weighted by molar-refractivity contribution is 0.376. The van der Waals surface area contributed by atoms with Gasteiger partial charge >= 0.3 is 0 Å². The molecule has 92 valence electrons. The summed E-state index contributed by atoms with van der Waals surface area (Å²) in [7, 11) is 1.75. The summed E-state index contributed by atoms with van der Waals surface area (Å²) in [5, 5.41) is 0. The zero-order chi connectivity index (χ0) is 11.8. The molecule has 2 heterocycles. The predicted molar refractivity (Wildman–Crippen MR) is 69.7 cm³/mol. The number of fused-ring (bicyclic) bond motifs is 3. The number of piperidine rings is 1. The van der Waals surface area contributed by atoms with Crippen molar-refractivity contribution in [3.8, 4) is 5.75 Å². The highest BCUT2D eigenvalue weighted by atomic mass is 16.5. The number of hydrogen-bond donors (Lipinski definition) is 1. The van der Waals surface area contributed by atoms with Crippen molar-refractivity contribution in [3.05, 3.63) is 23.8 Å². The van der Waals surface area contributed by atoms with Gasteiger partial charge in [-0.05, 0) is 37.8 Å². The first kappa shape index (κ1) is 10.9. The molecule has 0 bridgehead atoms. The summed E-state index contributed by atoms with van der Waals surface area (Å²) < 4.78 is 5.46. The molecule has 17 heavy (non-hydrogen) atoms. The Balaban J connectivity index is 1.99. The topological polar surface area (TPSA) is 38.5 Å². The molecule has 0 amide bonds. The number of rotatable bonds is 1. The van der Waals surface area contributed by atoms with Crippen LogP contribution in [0.25, 0.3) is 0 Å². The number of methoxy groups -OCH3 is 1. The maximum Gasteiger partial charge on any atom is 0.124 e. The summed E-state index contributed by atoms with van der Waals surface area (Å²) in [6.45, 7) is 0.991. The van der Waals surface area contributed by atoms with Crippen LogP contribution in [0.1, 0.15) is 24.8 Å². The van der Waals surface area contributed by atoms with E-state index >= 15 is 0 Å². The van der Waals surface area contributed by atoms with E-state index in [1.807, 2.05) is 0 Å². The van der Waals surface area contributed by atoms with Gasteiger partial charge in [-0.1, -0.05) is 6.07 Å². The lowest BCUT2D eigenvalue weighted by atomic mass is 9.88. The third-order valence-electron chi connectivity index (χ3n) is 4.11. The molecule has 2 aliphatic heterocycles. The molecule has 0 radical (unpaired) electrons. The normalized spacial score (nSPS) is 27.3. The number of benzene rings is 1. The lowest BCUT2D eigenvalue weighted by Crippen LogP contribution is -2.50. The van der Waals surface area contributed by atoms with Crippen molar-refractivity contribution in [3.63, 3.8) is 0 Å². The van der Waals surface area contributed by atoms with E-state index < -0.39 is 0 Å². The monoisotopic (exact) mass is 232 g/mol. The average Bonchev–Trinajstić information content (AvgIpc) is 2.37. The van der Waals surface area contributed by atoms with Gasteiger partial charge in [0.15, 0.2) is 0 Å². The third kappa shape index (κ3) is 1.78. The number of anilines is 1. The van der Waals surface area contributed by atoms with Gasteiger partial charge in [0.2, 0.25) is 0 Å². The van der Waals surface area contributed by atoms with Gasteiger partial charge in [0.25, 0.3) is 0 Å². The Kier molecular flexibility index (Phi) is 2.71. The molecule has 3 heteroatoms. The van der Waals surface area contributed by atoms with Gasteiger partial charge < -0.3 is 15.4 Å². The van der Waals surface area contributed by atoms with E-state index in [2.05, 4.69) is 23.1 Å². The van der Waals surface area contributed by atoms with E-state index in [4.69, 9.17) is 10.5 Å². The third-order valence-corrected chi connectivity index (χ3v) is 4.11. The molecule has 1 aromatic rings. The molecule has 2 N–H and O–H groups in total. The predicted octanol–water partition coefficient (Wildman–Crippen LogP) is 1.94. The Bertz CT molecular complexity index is 419. The first-order chi connectivity index (χ1) is 8.29. The summed E-state index contributed by atoms with van der Waals surface area (Å²) in [6.07, 6.45) is 4.77. The van der Waals surface area contributed by atoms with Crippen LogP contribution in [0, 0.1) is 0 Å². The quantitative estimate of drug-likeness (QED) is 0.804. The van der Waals surface area contributed by atoms with Crippen LogP contribution >= 0.6 is 0 Å². The van der Waals surface area contributed by atoms with Gasteiger partial charge in [-0.2, -0.15) is 0 Å². The smallest absolute Gasteiger partial charge is 0.124 e. The number of nitrogens with two attached hydrogens (primary N) is 1. The van der Waals surface area contributed by atoms with Crippen molar-refractivity contribution in [2.24, 2.45) is 5.73 Å². The molecule has 1 fully saturated rings. The van der Waals surface area contributed by atoms with Crippen molar-refractivity contribution in [2.45, 2.75) is 37.8 Å². The van der Waals surface area contributed by atoms with E-state index in [1.165, 1.54) is 30.5 Å². The molecule has 0 saturated carbocycles. The van der Waals surface area contributed by atoms with E-state index in [1.54, 1.807) is 7.11 Å². The van der Waals surface area contributed by atoms with Crippen molar-refractivity contribution >= 4 is 5.69 Å². The highest BCUT2D eigenvalue weighted by Crippen LogP contribution is 2.39. The van der Waals surface area contributed by atoms with Gasteiger partial charge in [-0.25, -0.2) is 0 Å². The molecule has 0 aromatic heterocycles. The van der Waals surface area contributed by atoms with Crippen LogP contribution < -0.4 is 15.4 Å². The van der Waals surface area contributed by atoms with Crippen LogP contribution in [0.2, 0.25) is 0 Å². The second-order valence-corrected chi connectivity index (χ2v) is 5.14. The zero-order valence-electron chi connectivity index (χ0n) is 10.4. The van der Waals surface area contributed by atoms with Crippen molar-refractivity contribution in [1.29, 1.82) is 0 Å². The molecule has 1 aromatic carbocycles. The van der Waals surface area contributed by atoms with Gasteiger partial charge in [0.1, 0.15) is 5.75 Å². The van der Waals surface area contributed by atoms with E-state index in [9.17, 15) is 0 Å². The van der Waals surface area contributed by atoms with Crippen LogP contribution in [0.15, 0.2) is 18.2 Å². The molecule has 2 atom stereocenters. The average molecular weight is 232 g/mol. The Morgan fingerprint density at radius 1 is 1.29 bits per heavy atom. The Morgan fingerprint density at radius 2 is 2.18 bits per heavy atom.